The van der Waals surface area contributed by atoms with Crippen LogP contribution in [0.15, 0.2) is 24.5 Å². The Hall–Kier alpha value is -1.95. The topological polar surface area (TPSA) is 62.7 Å². The lowest BCUT2D eigenvalue weighted by molar-refractivity contribution is -0.145. The van der Waals surface area contributed by atoms with Crippen molar-refractivity contribution in [1.82, 2.24) is 14.8 Å². The predicted molar refractivity (Wildman–Crippen MR) is 93.6 cm³/mol. The molecule has 1 aromatic rings. The van der Waals surface area contributed by atoms with Gasteiger partial charge < -0.3 is 14.5 Å². The van der Waals surface area contributed by atoms with Crippen LogP contribution in [-0.2, 0) is 20.9 Å². The molecule has 0 bridgehead atoms. The summed E-state index contributed by atoms with van der Waals surface area (Å²) in [4.78, 5) is 32.6. The van der Waals surface area contributed by atoms with Crippen LogP contribution in [0.25, 0.3) is 0 Å². The molecule has 0 aliphatic carbocycles. The number of likely N-dealkylation sites (tertiary alicyclic amines) is 2. The van der Waals surface area contributed by atoms with Gasteiger partial charge in [0.25, 0.3) is 0 Å². The van der Waals surface area contributed by atoms with Crippen molar-refractivity contribution in [2.24, 2.45) is 5.41 Å². The maximum absolute atomic E-state index is 12.4. The first kappa shape index (κ1) is 17.9. The molecule has 0 saturated carbocycles. The third kappa shape index (κ3) is 4.37. The Morgan fingerprint density at radius 1 is 1.28 bits per heavy atom. The lowest BCUT2D eigenvalue weighted by Crippen LogP contribution is -2.55. The van der Waals surface area contributed by atoms with Crippen molar-refractivity contribution in [2.75, 3.05) is 32.8 Å². The van der Waals surface area contributed by atoms with Gasteiger partial charge in [0, 0.05) is 57.0 Å². The van der Waals surface area contributed by atoms with E-state index in [0.29, 0.717) is 19.6 Å². The number of hydrogen-bond donors (Lipinski definition) is 0. The van der Waals surface area contributed by atoms with Gasteiger partial charge in [-0.15, -0.1) is 0 Å². The van der Waals surface area contributed by atoms with Crippen molar-refractivity contribution in [3.63, 3.8) is 0 Å². The van der Waals surface area contributed by atoms with Gasteiger partial charge in [0.1, 0.15) is 6.61 Å². The second-order valence-corrected chi connectivity index (χ2v) is 7.16. The first-order chi connectivity index (χ1) is 12.1. The molecule has 25 heavy (non-hydrogen) atoms. The molecule has 2 aliphatic heterocycles. The van der Waals surface area contributed by atoms with Gasteiger partial charge in [0.15, 0.2) is 0 Å². The number of ether oxygens (including phenoxy) is 1. The van der Waals surface area contributed by atoms with Crippen molar-refractivity contribution in [1.29, 1.82) is 0 Å². The summed E-state index contributed by atoms with van der Waals surface area (Å²) < 4.78 is 5.28. The average molecular weight is 345 g/mol. The molecule has 0 radical (unpaired) electrons. The Bertz CT molecular complexity index is 607. The first-order valence-electron chi connectivity index (χ1n) is 9.14. The van der Waals surface area contributed by atoms with Gasteiger partial charge in [-0.2, -0.15) is 0 Å². The SMILES string of the molecule is CCOCC(=O)N1CCC[C@]2(CCC(=O)N(Cc3ccncc3)C2)C1. The van der Waals surface area contributed by atoms with Crippen LogP contribution in [-0.4, -0.2) is 59.4 Å². The van der Waals surface area contributed by atoms with Crippen molar-refractivity contribution >= 4 is 11.8 Å². The Morgan fingerprint density at radius 3 is 2.84 bits per heavy atom. The van der Waals surface area contributed by atoms with E-state index in [0.717, 1.165) is 44.5 Å². The van der Waals surface area contributed by atoms with Crippen molar-refractivity contribution in [2.45, 2.75) is 39.2 Å². The van der Waals surface area contributed by atoms with Crippen LogP contribution >= 0.6 is 0 Å². The number of rotatable bonds is 5. The van der Waals surface area contributed by atoms with Crippen LogP contribution < -0.4 is 0 Å². The lowest BCUT2D eigenvalue weighted by Gasteiger charge is -2.48. The van der Waals surface area contributed by atoms with E-state index in [1.54, 1.807) is 12.4 Å². The maximum Gasteiger partial charge on any atom is 0.248 e. The smallest absolute Gasteiger partial charge is 0.248 e. The van der Waals surface area contributed by atoms with E-state index in [1.165, 1.54) is 0 Å². The van der Waals surface area contributed by atoms with E-state index in [-0.39, 0.29) is 23.8 Å². The summed E-state index contributed by atoms with van der Waals surface area (Å²) in [6.45, 7) is 5.49. The number of piperidine rings is 2. The highest BCUT2D eigenvalue weighted by atomic mass is 16.5. The van der Waals surface area contributed by atoms with Crippen LogP contribution in [0.3, 0.4) is 0 Å². The zero-order chi connectivity index (χ0) is 17.7. The number of nitrogens with zero attached hydrogens (tertiary/aromatic N) is 3. The molecule has 1 aromatic heterocycles. The largest absolute Gasteiger partial charge is 0.372 e. The van der Waals surface area contributed by atoms with Crippen molar-refractivity contribution < 1.29 is 14.3 Å². The molecule has 3 rings (SSSR count). The van der Waals surface area contributed by atoms with E-state index in [2.05, 4.69) is 4.98 Å². The van der Waals surface area contributed by atoms with Gasteiger partial charge in [-0.3, -0.25) is 14.6 Å². The molecular formula is C19H27N3O3. The zero-order valence-corrected chi connectivity index (χ0v) is 14.9. The predicted octanol–water partition coefficient (Wildman–Crippen LogP) is 1.85. The number of pyridine rings is 1. The quantitative estimate of drug-likeness (QED) is 0.817. The minimum Gasteiger partial charge on any atom is -0.372 e. The second-order valence-electron chi connectivity index (χ2n) is 7.16. The normalized spacial score (nSPS) is 24.0. The van der Waals surface area contributed by atoms with Gasteiger partial charge in [-0.05, 0) is 43.9 Å². The van der Waals surface area contributed by atoms with Crippen LogP contribution in [0.1, 0.15) is 38.2 Å². The standard InChI is InChI=1S/C19H27N3O3/c1-2-25-13-18(24)21-11-3-7-19(14-21)8-4-17(23)22(15-19)12-16-5-9-20-10-6-16/h5-6,9-10H,2-4,7-8,11-15H2,1H3/t19-/m0/s1. The highest BCUT2D eigenvalue weighted by Crippen LogP contribution is 2.39. The third-order valence-corrected chi connectivity index (χ3v) is 5.31. The molecule has 2 saturated heterocycles. The zero-order valence-electron chi connectivity index (χ0n) is 14.9. The van der Waals surface area contributed by atoms with Crippen LogP contribution in [0.2, 0.25) is 0 Å². The Balaban J connectivity index is 1.66. The van der Waals surface area contributed by atoms with Gasteiger partial charge in [0.05, 0.1) is 0 Å². The fourth-order valence-corrected chi connectivity index (χ4v) is 3.99. The number of amides is 2. The summed E-state index contributed by atoms with van der Waals surface area (Å²) in [6.07, 6.45) is 7.03. The summed E-state index contributed by atoms with van der Waals surface area (Å²) in [7, 11) is 0. The van der Waals surface area contributed by atoms with Crippen LogP contribution in [0.5, 0.6) is 0 Å². The van der Waals surface area contributed by atoms with Gasteiger partial charge in [-0.25, -0.2) is 0 Å². The van der Waals surface area contributed by atoms with Gasteiger partial charge >= 0.3 is 0 Å². The minimum absolute atomic E-state index is 0.0288. The minimum atomic E-state index is 0.0288. The first-order valence-corrected chi connectivity index (χ1v) is 9.14. The number of carbonyl (C=O) groups is 2. The molecule has 6 nitrogen and oxygen atoms in total. The molecule has 0 unspecified atom stereocenters. The summed E-state index contributed by atoms with van der Waals surface area (Å²) in [6, 6.07) is 3.90. The molecule has 2 aliphatic rings. The van der Waals surface area contributed by atoms with Gasteiger partial charge in [-0.1, -0.05) is 0 Å². The third-order valence-electron chi connectivity index (χ3n) is 5.31. The summed E-state index contributed by atoms with van der Waals surface area (Å²) in [5.74, 6) is 0.277. The molecule has 2 fully saturated rings. The van der Waals surface area contributed by atoms with Crippen molar-refractivity contribution in [3.05, 3.63) is 30.1 Å². The molecule has 1 spiro atoms. The molecule has 6 heteroatoms. The Labute approximate surface area is 149 Å². The average Bonchev–Trinajstić information content (AvgIpc) is 2.64. The molecule has 0 N–H and O–H groups in total. The number of carbonyl (C=O) groups excluding carboxylic acids is 2. The Morgan fingerprint density at radius 2 is 2.08 bits per heavy atom. The van der Waals surface area contributed by atoms with Crippen LogP contribution in [0.4, 0.5) is 0 Å². The summed E-state index contributed by atoms with van der Waals surface area (Å²) in [5.41, 5.74) is 1.13. The summed E-state index contributed by atoms with van der Waals surface area (Å²) in [5, 5.41) is 0. The van der Waals surface area contributed by atoms with Crippen LogP contribution in [0, 0.1) is 5.41 Å². The Kier molecular flexibility index (Phi) is 5.68. The van der Waals surface area contributed by atoms with E-state index >= 15 is 0 Å². The second kappa shape index (κ2) is 7.95. The van der Waals surface area contributed by atoms with E-state index in [9.17, 15) is 9.59 Å². The fraction of sp³-hybridized carbons (Fsp3) is 0.632. The molecule has 2 amide bonds. The van der Waals surface area contributed by atoms with Crippen molar-refractivity contribution in [3.8, 4) is 0 Å². The molecule has 136 valence electrons. The molecule has 0 aromatic carbocycles. The molecule has 3 heterocycles. The number of hydrogen-bond acceptors (Lipinski definition) is 4. The van der Waals surface area contributed by atoms with E-state index in [1.807, 2.05) is 28.9 Å². The maximum atomic E-state index is 12.4. The lowest BCUT2D eigenvalue weighted by atomic mass is 9.73. The highest BCUT2D eigenvalue weighted by Gasteiger charge is 2.42. The molecule has 1 atom stereocenters. The van der Waals surface area contributed by atoms with E-state index in [4.69, 9.17) is 4.74 Å². The number of aromatic nitrogens is 1. The summed E-state index contributed by atoms with van der Waals surface area (Å²) >= 11 is 0. The highest BCUT2D eigenvalue weighted by molar-refractivity contribution is 5.78. The fourth-order valence-electron chi connectivity index (χ4n) is 3.99. The molecular weight excluding hydrogens is 318 g/mol. The monoisotopic (exact) mass is 345 g/mol. The van der Waals surface area contributed by atoms with E-state index < -0.39 is 0 Å². The van der Waals surface area contributed by atoms with Gasteiger partial charge in [0.2, 0.25) is 11.8 Å².